The summed E-state index contributed by atoms with van der Waals surface area (Å²) in [6.07, 6.45) is 5.63. The maximum absolute atomic E-state index is 5.88. The van der Waals surface area contributed by atoms with Gasteiger partial charge in [-0.25, -0.2) is 0 Å². The highest BCUT2D eigenvalue weighted by molar-refractivity contribution is 5.38. The third-order valence-electron chi connectivity index (χ3n) is 4.06. The summed E-state index contributed by atoms with van der Waals surface area (Å²) in [6, 6.07) is 6.59. The van der Waals surface area contributed by atoms with Crippen molar-refractivity contribution in [3.8, 4) is 5.75 Å². The van der Waals surface area contributed by atoms with E-state index in [-0.39, 0.29) is 6.04 Å². The Labute approximate surface area is 122 Å². The SMILES string of the molecule is COc1ccc(C)cc1C(C)NCCOC1CCCC1. The fraction of sp³-hybridized carbons (Fsp3) is 0.647. The zero-order valence-electron chi connectivity index (χ0n) is 12.9. The predicted octanol–water partition coefficient (Wildman–Crippen LogP) is 3.61. The van der Waals surface area contributed by atoms with Crippen molar-refractivity contribution < 1.29 is 9.47 Å². The average molecular weight is 277 g/mol. The van der Waals surface area contributed by atoms with E-state index in [1.807, 2.05) is 6.07 Å². The van der Waals surface area contributed by atoms with Gasteiger partial charge in [0.25, 0.3) is 0 Å². The summed E-state index contributed by atoms with van der Waals surface area (Å²) in [5.41, 5.74) is 2.48. The molecule has 0 aromatic heterocycles. The highest BCUT2D eigenvalue weighted by Gasteiger charge is 2.15. The Morgan fingerprint density at radius 1 is 1.30 bits per heavy atom. The summed E-state index contributed by atoms with van der Waals surface area (Å²) in [4.78, 5) is 0. The van der Waals surface area contributed by atoms with E-state index in [2.05, 4.69) is 31.3 Å². The van der Waals surface area contributed by atoms with Gasteiger partial charge < -0.3 is 14.8 Å². The Bertz CT molecular complexity index is 413. The van der Waals surface area contributed by atoms with Crippen molar-refractivity contribution in [3.05, 3.63) is 29.3 Å². The second-order valence-electron chi connectivity index (χ2n) is 5.70. The van der Waals surface area contributed by atoms with Gasteiger partial charge in [-0.3, -0.25) is 0 Å². The Balaban J connectivity index is 1.78. The predicted molar refractivity (Wildman–Crippen MR) is 82.4 cm³/mol. The molecule has 1 saturated carbocycles. The normalized spacial score (nSPS) is 17.4. The van der Waals surface area contributed by atoms with Crippen LogP contribution >= 0.6 is 0 Å². The summed E-state index contributed by atoms with van der Waals surface area (Å²) >= 11 is 0. The molecule has 1 atom stereocenters. The maximum Gasteiger partial charge on any atom is 0.123 e. The van der Waals surface area contributed by atoms with Crippen molar-refractivity contribution in [2.24, 2.45) is 0 Å². The first kappa shape index (κ1) is 15.3. The summed E-state index contributed by atoms with van der Waals surface area (Å²) in [7, 11) is 1.73. The molecule has 112 valence electrons. The van der Waals surface area contributed by atoms with Gasteiger partial charge in [-0.05, 0) is 32.8 Å². The van der Waals surface area contributed by atoms with Gasteiger partial charge in [0.2, 0.25) is 0 Å². The summed E-state index contributed by atoms with van der Waals surface area (Å²) in [6.45, 7) is 5.96. The first-order valence-corrected chi connectivity index (χ1v) is 7.70. The van der Waals surface area contributed by atoms with E-state index in [1.54, 1.807) is 7.11 Å². The Morgan fingerprint density at radius 2 is 2.05 bits per heavy atom. The Kier molecular flexibility index (Phi) is 5.86. The van der Waals surface area contributed by atoms with E-state index < -0.39 is 0 Å². The molecule has 0 radical (unpaired) electrons. The minimum absolute atomic E-state index is 0.275. The summed E-state index contributed by atoms with van der Waals surface area (Å²) in [5.74, 6) is 0.951. The van der Waals surface area contributed by atoms with Crippen LogP contribution in [0.1, 0.15) is 49.8 Å². The number of hydrogen-bond donors (Lipinski definition) is 1. The molecular formula is C17H27NO2. The molecule has 1 aliphatic carbocycles. The fourth-order valence-electron chi connectivity index (χ4n) is 2.86. The van der Waals surface area contributed by atoms with Crippen LogP contribution in [0.15, 0.2) is 18.2 Å². The lowest BCUT2D eigenvalue weighted by molar-refractivity contribution is 0.0593. The van der Waals surface area contributed by atoms with E-state index in [4.69, 9.17) is 9.47 Å². The lowest BCUT2D eigenvalue weighted by atomic mass is 10.0. The lowest BCUT2D eigenvalue weighted by Gasteiger charge is -2.19. The van der Waals surface area contributed by atoms with Crippen LogP contribution in [0.5, 0.6) is 5.75 Å². The largest absolute Gasteiger partial charge is 0.496 e. The molecule has 1 aromatic carbocycles. The fourth-order valence-corrected chi connectivity index (χ4v) is 2.86. The number of benzene rings is 1. The van der Waals surface area contributed by atoms with Crippen LogP contribution in [-0.2, 0) is 4.74 Å². The van der Waals surface area contributed by atoms with Crippen LogP contribution in [0.25, 0.3) is 0 Å². The molecular weight excluding hydrogens is 250 g/mol. The second-order valence-corrected chi connectivity index (χ2v) is 5.70. The van der Waals surface area contributed by atoms with Gasteiger partial charge in [-0.15, -0.1) is 0 Å². The molecule has 2 rings (SSSR count). The van der Waals surface area contributed by atoms with Crippen molar-refractivity contribution in [2.75, 3.05) is 20.3 Å². The van der Waals surface area contributed by atoms with Gasteiger partial charge in [-0.1, -0.05) is 30.5 Å². The van der Waals surface area contributed by atoms with E-state index in [9.17, 15) is 0 Å². The number of rotatable bonds is 7. The van der Waals surface area contributed by atoms with Gasteiger partial charge >= 0.3 is 0 Å². The molecule has 0 bridgehead atoms. The highest BCUT2D eigenvalue weighted by Crippen LogP contribution is 2.26. The van der Waals surface area contributed by atoms with Crippen molar-refractivity contribution in [1.29, 1.82) is 0 Å². The molecule has 0 aliphatic heterocycles. The summed E-state index contributed by atoms with van der Waals surface area (Å²) < 4.78 is 11.3. The third-order valence-corrected chi connectivity index (χ3v) is 4.06. The van der Waals surface area contributed by atoms with Gasteiger partial charge in [0.05, 0.1) is 19.8 Å². The van der Waals surface area contributed by atoms with Gasteiger partial charge in [0.15, 0.2) is 0 Å². The zero-order valence-corrected chi connectivity index (χ0v) is 12.9. The Morgan fingerprint density at radius 3 is 2.75 bits per heavy atom. The van der Waals surface area contributed by atoms with E-state index in [1.165, 1.54) is 36.8 Å². The van der Waals surface area contributed by atoms with Crippen LogP contribution in [-0.4, -0.2) is 26.4 Å². The van der Waals surface area contributed by atoms with E-state index in [0.29, 0.717) is 6.10 Å². The lowest BCUT2D eigenvalue weighted by Crippen LogP contribution is -2.25. The molecule has 1 N–H and O–H groups in total. The quantitative estimate of drug-likeness (QED) is 0.772. The van der Waals surface area contributed by atoms with Crippen molar-refractivity contribution in [2.45, 2.75) is 51.7 Å². The van der Waals surface area contributed by atoms with Crippen molar-refractivity contribution >= 4 is 0 Å². The molecule has 0 spiro atoms. The van der Waals surface area contributed by atoms with E-state index in [0.717, 1.165) is 18.9 Å². The molecule has 0 saturated heterocycles. The molecule has 0 heterocycles. The maximum atomic E-state index is 5.88. The van der Waals surface area contributed by atoms with Crippen LogP contribution < -0.4 is 10.1 Å². The highest BCUT2D eigenvalue weighted by atomic mass is 16.5. The van der Waals surface area contributed by atoms with Crippen molar-refractivity contribution in [3.63, 3.8) is 0 Å². The molecule has 20 heavy (non-hydrogen) atoms. The first-order valence-electron chi connectivity index (χ1n) is 7.70. The number of nitrogens with one attached hydrogen (secondary N) is 1. The van der Waals surface area contributed by atoms with Gasteiger partial charge in [-0.2, -0.15) is 0 Å². The summed E-state index contributed by atoms with van der Waals surface area (Å²) in [5, 5.41) is 3.52. The number of aryl methyl sites for hydroxylation is 1. The standard InChI is InChI=1S/C17H27NO2/c1-13-8-9-17(19-3)16(12-13)14(2)18-10-11-20-15-6-4-5-7-15/h8-9,12,14-15,18H,4-7,10-11H2,1-3H3. The number of hydrogen-bond acceptors (Lipinski definition) is 3. The molecule has 0 amide bonds. The van der Waals surface area contributed by atoms with Crippen LogP contribution in [0.2, 0.25) is 0 Å². The third kappa shape index (κ3) is 4.22. The molecule has 1 aromatic rings. The van der Waals surface area contributed by atoms with Crippen LogP contribution in [0.3, 0.4) is 0 Å². The topological polar surface area (TPSA) is 30.5 Å². The van der Waals surface area contributed by atoms with Crippen molar-refractivity contribution in [1.82, 2.24) is 5.32 Å². The molecule has 3 heteroatoms. The molecule has 1 unspecified atom stereocenters. The molecule has 3 nitrogen and oxygen atoms in total. The van der Waals surface area contributed by atoms with E-state index >= 15 is 0 Å². The number of ether oxygens (including phenoxy) is 2. The Hall–Kier alpha value is -1.06. The van der Waals surface area contributed by atoms with Gasteiger partial charge in [0, 0.05) is 18.2 Å². The zero-order chi connectivity index (χ0) is 14.4. The monoisotopic (exact) mass is 277 g/mol. The second kappa shape index (κ2) is 7.65. The number of methoxy groups -OCH3 is 1. The minimum atomic E-state index is 0.275. The van der Waals surface area contributed by atoms with Crippen LogP contribution in [0, 0.1) is 6.92 Å². The minimum Gasteiger partial charge on any atom is -0.496 e. The first-order chi connectivity index (χ1) is 9.70. The molecule has 1 fully saturated rings. The van der Waals surface area contributed by atoms with Crippen LogP contribution in [0.4, 0.5) is 0 Å². The average Bonchev–Trinajstić information content (AvgIpc) is 2.96. The smallest absolute Gasteiger partial charge is 0.123 e. The van der Waals surface area contributed by atoms with Gasteiger partial charge in [0.1, 0.15) is 5.75 Å². The molecule has 1 aliphatic rings.